The Bertz CT molecular complexity index is 1120. The zero-order chi connectivity index (χ0) is 28.5. The van der Waals surface area contributed by atoms with Crippen molar-refractivity contribution in [1.82, 2.24) is 25.1 Å². The average molecular weight is 543 g/mol. The molecule has 1 saturated heterocycles. The van der Waals surface area contributed by atoms with Crippen molar-refractivity contribution in [3.8, 4) is 0 Å². The second-order valence-electron chi connectivity index (χ2n) is 12.1. The number of carbonyl (C=O) groups is 5. The maximum absolute atomic E-state index is 14.2. The highest BCUT2D eigenvalue weighted by Gasteiger charge is 2.69. The third kappa shape index (κ3) is 6.01. The van der Waals surface area contributed by atoms with Crippen LogP contribution in [0, 0.1) is 23.2 Å². The van der Waals surface area contributed by atoms with E-state index in [2.05, 4.69) is 29.5 Å². The highest BCUT2D eigenvalue weighted by atomic mass is 16.2. The molecule has 39 heavy (non-hydrogen) atoms. The lowest BCUT2D eigenvalue weighted by atomic mass is 9.83. The van der Waals surface area contributed by atoms with Gasteiger partial charge in [0, 0.05) is 19.8 Å². The van der Waals surface area contributed by atoms with Gasteiger partial charge in [0.05, 0.1) is 24.5 Å². The number of nitrogens with two attached hydrogens (primary N) is 1. The summed E-state index contributed by atoms with van der Waals surface area (Å²) in [5.74, 6) is -2.85. The SMILES string of the molecule is CCCC(NC(=O)C1C2C(CN1C(=O)C(NC(=O)Cc1cn(C)cn1)C1CCCCC1)C2(C)C)C(=O)C(N)=O. The first kappa shape index (κ1) is 28.8. The van der Waals surface area contributed by atoms with Crippen LogP contribution < -0.4 is 16.4 Å². The van der Waals surface area contributed by atoms with Gasteiger partial charge >= 0.3 is 0 Å². The zero-order valence-corrected chi connectivity index (χ0v) is 23.4. The summed E-state index contributed by atoms with van der Waals surface area (Å²) < 4.78 is 1.77. The van der Waals surface area contributed by atoms with E-state index in [0.717, 1.165) is 32.1 Å². The van der Waals surface area contributed by atoms with Gasteiger partial charge in [-0.25, -0.2) is 4.98 Å². The molecule has 1 aromatic heterocycles. The number of aryl methyl sites for hydroxylation is 1. The van der Waals surface area contributed by atoms with Crippen LogP contribution in [0.4, 0.5) is 0 Å². The van der Waals surface area contributed by atoms with Crippen molar-refractivity contribution in [3.05, 3.63) is 18.2 Å². The first-order valence-corrected chi connectivity index (χ1v) is 14.2. The Labute approximate surface area is 229 Å². The van der Waals surface area contributed by atoms with Gasteiger partial charge in [0.2, 0.25) is 23.5 Å². The van der Waals surface area contributed by atoms with Gasteiger partial charge in [0.25, 0.3) is 5.91 Å². The Morgan fingerprint density at radius 2 is 1.82 bits per heavy atom. The van der Waals surface area contributed by atoms with Crippen molar-refractivity contribution >= 4 is 29.4 Å². The van der Waals surface area contributed by atoms with E-state index in [1.54, 1.807) is 22.0 Å². The molecule has 4 rings (SSSR count). The van der Waals surface area contributed by atoms with Crippen LogP contribution in [-0.2, 0) is 37.4 Å². The Morgan fingerprint density at radius 1 is 1.13 bits per heavy atom. The van der Waals surface area contributed by atoms with Gasteiger partial charge < -0.3 is 25.8 Å². The Balaban J connectivity index is 1.55. The number of imidazole rings is 1. The number of amides is 4. The van der Waals surface area contributed by atoms with Crippen molar-refractivity contribution in [2.45, 2.75) is 90.3 Å². The summed E-state index contributed by atoms with van der Waals surface area (Å²) in [7, 11) is 1.83. The van der Waals surface area contributed by atoms with Crippen LogP contribution in [0.2, 0.25) is 0 Å². The van der Waals surface area contributed by atoms with Crippen molar-refractivity contribution in [2.75, 3.05) is 6.54 Å². The molecule has 5 atom stereocenters. The molecule has 0 radical (unpaired) electrons. The zero-order valence-electron chi connectivity index (χ0n) is 23.4. The minimum atomic E-state index is -1.09. The minimum absolute atomic E-state index is 0.0168. The molecule has 4 N–H and O–H groups in total. The molecule has 4 amide bonds. The number of aromatic nitrogens is 2. The van der Waals surface area contributed by atoms with E-state index >= 15 is 0 Å². The van der Waals surface area contributed by atoms with Crippen LogP contribution in [0.25, 0.3) is 0 Å². The van der Waals surface area contributed by atoms with Crippen LogP contribution >= 0.6 is 0 Å². The van der Waals surface area contributed by atoms with Crippen LogP contribution in [0.15, 0.2) is 12.5 Å². The molecule has 0 bridgehead atoms. The lowest BCUT2D eigenvalue weighted by molar-refractivity contribution is -0.145. The molecule has 0 spiro atoms. The van der Waals surface area contributed by atoms with Crippen molar-refractivity contribution in [2.24, 2.45) is 36.0 Å². The number of primary amides is 1. The smallest absolute Gasteiger partial charge is 0.287 e. The fourth-order valence-corrected chi connectivity index (χ4v) is 6.77. The largest absolute Gasteiger partial charge is 0.363 e. The predicted molar refractivity (Wildman–Crippen MR) is 143 cm³/mol. The van der Waals surface area contributed by atoms with E-state index < -0.39 is 35.7 Å². The lowest BCUT2D eigenvalue weighted by Gasteiger charge is -2.37. The first-order valence-electron chi connectivity index (χ1n) is 14.2. The van der Waals surface area contributed by atoms with Gasteiger partial charge in [0.15, 0.2) is 0 Å². The van der Waals surface area contributed by atoms with Gasteiger partial charge in [-0.15, -0.1) is 0 Å². The van der Waals surface area contributed by atoms with Crippen LogP contribution in [0.3, 0.4) is 0 Å². The summed E-state index contributed by atoms with van der Waals surface area (Å²) in [6, 6.07) is -2.54. The number of rotatable bonds is 11. The third-order valence-corrected chi connectivity index (χ3v) is 9.02. The van der Waals surface area contributed by atoms with Crippen LogP contribution in [0.5, 0.6) is 0 Å². The van der Waals surface area contributed by atoms with Gasteiger partial charge in [-0.1, -0.05) is 46.5 Å². The Kier molecular flexibility index (Phi) is 8.46. The fourth-order valence-electron chi connectivity index (χ4n) is 6.77. The lowest BCUT2D eigenvalue weighted by Crippen LogP contribution is -2.59. The molecule has 0 aromatic carbocycles. The van der Waals surface area contributed by atoms with Gasteiger partial charge in [-0.2, -0.15) is 0 Å². The predicted octanol–water partition coefficient (Wildman–Crippen LogP) is 0.850. The quantitative estimate of drug-likeness (QED) is 0.352. The molecule has 1 aliphatic heterocycles. The molecule has 2 heterocycles. The number of Topliss-reactive ketones (excluding diaryl/α,β-unsaturated/α-hetero) is 1. The van der Waals surface area contributed by atoms with Crippen LogP contribution in [0.1, 0.15) is 71.4 Å². The molecule has 2 aliphatic carbocycles. The van der Waals surface area contributed by atoms with Gasteiger partial charge in [0.1, 0.15) is 12.1 Å². The Morgan fingerprint density at radius 3 is 2.41 bits per heavy atom. The molecule has 11 nitrogen and oxygen atoms in total. The van der Waals surface area contributed by atoms with Crippen LogP contribution in [-0.4, -0.2) is 68.5 Å². The summed E-state index contributed by atoms with van der Waals surface area (Å²) in [5.41, 5.74) is 5.71. The topological polar surface area (TPSA) is 156 Å². The monoisotopic (exact) mass is 542 g/mol. The number of hydrogen-bond acceptors (Lipinski definition) is 6. The van der Waals surface area contributed by atoms with Crippen molar-refractivity contribution < 1.29 is 24.0 Å². The molecule has 1 aromatic rings. The molecule has 3 aliphatic rings. The summed E-state index contributed by atoms with van der Waals surface area (Å²) in [6.45, 7) is 6.42. The summed E-state index contributed by atoms with van der Waals surface area (Å²) in [6.07, 6.45) is 9.04. The number of likely N-dealkylation sites (tertiary alicyclic amines) is 1. The highest BCUT2D eigenvalue weighted by molar-refractivity contribution is 6.37. The van der Waals surface area contributed by atoms with E-state index in [1.165, 1.54) is 0 Å². The van der Waals surface area contributed by atoms with E-state index in [0.29, 0.717) is 18.7 Å². The minimum Gasteiger partial charge on any atom is -0.363 e. The number of hydrogen-bond donors (Lipinski definition) is 3. The number of piperidine rings is 1. The van der Waals surface area contributed by atoms with E-state index in [1.807, 2.05) is 14.0 Å². The molecular weight excluding hydrogens is 500 g/mol. The first-order chi connectivity index (χ1) is 18.4. The standard InChI is InChI=1S/C28H42N6O5/c1-5-9-19(24(36)25(29)37)31-26(38)23-21-18(28(21,2)3)14-34(23)27(39)22(16-10-7-6-8-11-16)32-20(35)12-17-13-33(4)15-30-17/h13,15-16,18-19,21-23H,5-12,14H2,1-4H3,(H2,29,37)(H,31,38)(H,32,35). The van der Waals surface area contributed by atoms with Crippen molar-refractivity contribution in [1.29, 1.82) is 0 Å². The third-order valence-electron chi connectivity index (χ3n) is 9.02. The highest BCUT2D eigenvalue weighted by Crippen LogP contribution is 2.65. The Hall–Kier alpha value is -3.24. The molecule has 11 heteroatoms. The maximum Gasteiger partial charge on any atom is 0.287 e. The van der Waals surface area contributed by atoms with E-state index in [9.17, 15) is 24.0 Å². The second kappa shape index (κ2) is 11.5. The molecule has 5 unspecified atom stereocenters. The summed E-state index contributed by atoms with van der Waals surface area (Å²) in [4.78, 5) is 70.6. The van der Waals surface area contributed by atoms with E-state index in [-0.39, 0.29) is 47.8 Å². The normalized spacial score (nSPS) is 25.3. The molecule has 214 valence electrons. The summed E-state index contributed by atoms with van der Waals surface area (Å²) in [5, 5.41) is 5.73. The molecular formula is C28H42N6O5. The van der Waals surface area contributed by atoms with Crippen molar-refractivity contribution in [3.63, 3.8) is 0 Å². The molecule has 3 fully saturated rings. The maximum atomic E-state index is 14.2. The van der Waals surface area contributed by atoms with Gasteiger partial charge in [-0.05, 0) is 42.4 Å². The number of fused-ring (bicyclic) bond motifs is 1. The number of nitrogens with zero attached hydrogens (tertiary/aromatic N) is 3. The summed E-state index contributed by atoms with van der Waals surface area (Å²) >= 11 is 0. The fraction of sp³-hybridized carbons (Fsp3) is 0.714. The number of carbonyl (C=O) groups excluding carboxylic acids is 5. The average Bonchev–Trinajstić information content (AvgIpc) is 3.24. The second-order valence-corrected chi connectivity index (χ2v) is 12.1. The number of ketones is 1. The van der Waals surface area contributed by atoms with E-state index in [4.69, 9.17) is 5.73 Å². The van der Waals surface area contributed by atoms with Gasteiger partial charge in [-0.3, -0.25) is 24.0 Å². The number of nitrogens with one attached hydrogen (secondary N) is 2. The molecule has 2 saturated carbocycles.